The first kappa shape index (κ1) is 16.4. The number of carbonyl (C=O) groups is 1. The van der Waals surface area contributed by atoms with Crippen LogP contribution in [0.4, 0.5) is 5.69 Å². The van der Waals surface area contributed by atoms with Gasteiger partial charge >= 0.3 is 0 Å². The lowest BCUT2D eigenvalue weighted by atomic mass is 10.0. The SMILES string of the molecule is Cc1ccc([N+](=O)[O-])c(C(=O)NC(CCl)CC(C)C)c1. The van der Waals surface area contributed by atoms with Crippen LogP contribution < -0.4 is 5.32 Å². The number of carbonyl (C=O) groups excluding carboxylic acids is 1. The van der Waals surface area contributed by atoms with E-state index < -0.39 is 10.8 Å². The first-order chi connectivity index (χ1) is 9.35. The van der Waals surface area contributed by atoms with Crippen LogP contribution in [0, 0.1) is 23.0 Å². The molecule has 0 aliphatic carbocycles. The van der Waals surface area contributed by atoms with Crippen molar-refractivity contribution in [1.82, 2.24) is 5.32 Å². The van der Waals surface area contributed by atoms with E-state index in [9.17, 15) is 14.9 Å². The van der Waals surface area contributed by atoms with Gasteiger partial charge in [-0.15, -0.1) is 11.6 Å². The van der Waals surface area contributed by atoms with Crippen LogP contribution in [0.1, 0.15) is 36.2 Å². The fraction of sp³-hybridized carbons (Fsp3) is 0.500. The Morgan fingerprint density at radius 3 is 2.60 bits per heavy atom. The second-order valence-electron chi connectivity index (χ2n) is 5.23. The van der Waals surface area contributed by atoms with E-state index in [0.29, 0.717) is 5.92 Å². The molecule has 0 fully saturated rings. The van der Waals surface area contributed by atoms with E-state index in [-0.39, 0.29) is 23.2 Å². The number of nitrogens with one attached hydrogen (secondary N) is 1. The van der Waals surface area contributed by atoms with Crippen molar-refractivity contribution in [2.75, 3.05) is 5.88 Å². The van der Waals surface area contributed by atoms with Crippen molar-refractivity contribution in [3.05, 3.63) is 39.4 Å². The molecule has 1 atom stereocenters. The summed E-state index contributed by atoms with van der Waals surface area (Å²) in [5.41, 5.74) is 0.687. The molecule has 0 heterocycles. The maximum atomic E-state index is 12.2. The molecule has 1 rings (SSSR count). The number of benzene rings is 1. The monoisotopic (exact) mass is 298 g/mol. The molecule has 0 aromatic heterocycles. The number of nitrogens with zero attached hydrogens (tertiary/aromatic N) is 1. The van der Waals surface area contributed by atoms with Crippen LogP contribution >= 0.6 is 11.6 Å². The number of amides is 1. The van der Waals surface area contributed by atoms with Crippen LogP contribution in [0.25, 0.3) is 0 Å². The zero-order valence-corrected chi connectivity index (χ0v) is 12.6. The van der Waals surface area contributed by atoms with Crippen molar-refractivity contribution in [1.29, 1.82) is 0 Å². The predicted octanol–water partition coefficient (Wildman–Crippen LogP) is 3.29. The maximum absolute atomic E-state index is 12.2. The molecule has 0 saturated carbocycles. The Hall–Kier alpha value is -1.62. The van der Waals surface area contributed by atoms with Crippen LogP contribution in [-0.4, -0.2) is 22.8 Å². The Balaban J connectivity index is 2.96. The Kier molecular flexibility index (Phi) is 5.95. The highest BCUT2D eigenvalue weighted by molar-refractivity contribution is 6.18. The van der Waals surface area contributed by atoms with Gasteiger partial charge in [0.05, 0.1) is 4.92 Å². The standard InChI is InChI=1S/C14H19ClN2O3/c1-9(2)6-11(8-15)16-14(18)12-7-10(3)4-5-13(12)17(19)20/h4-5,7,9,11H,6,8H2,1-3H3,(H,16,18). The number of hydrogen-bond donors (Lipinski definition) is 1. The van der Waals surface area contributed by atoms with Gasteiger partial charge in [0, 0.05) is 18.0 Å². The molecule has 1 N–H and O–H groups in total. The highest BCUT2D eigenvalue weighted by Crippen LogP contribution is 2.20. The van der Waals surface area contributed by atoms with Crippen LogP contribution in [-0.2, 0) is 0 Å². The molecule has 0 aliphatic rings. The van der Waals surface area contributed by atoms with Crippen LogP contribution in [0.3, 0.4) is 0 Å². The fourth-order valence-corrected chi connectivity index (χ4v) is 2.19. The first-order valence-corrected chi connectivity index (χ1v) is 7.00. The molecule has 0 radical (unpaired) electrons. The minimum absolute atomic E-state index is 0.0777. The summed E-state index contributed by atoms with van der Waals surface area (Å²) in [6.45, 7) is 5.84. The van der Waals surface area contributed by atoms with Gasteiger partial charge in [0.25, 0.3) is 11.6 Å². The van der Waals surface area contributed by atoms with E-state index in [2.05, 4.69) is 5.32 Å². The van der Waals surface area contributed by atoms with Gasteiger partial charge in [0.1, 0.15) is 5.56 Å². The highest BCUT2D eigenvalue weighted by atomic mass is 35.5. The van der Waals surface area contributed by atoms with E-state index in [1.807, 2.05) is 13.8 Å². The van der Waals surface area contributed by atoms with E-state index >= 15 is 0 Å². The third-order valence-corrected chi connectivity index (χ3v) is 3.24. The lowest BCUT2D eigenvalue weighted by Gasteiger charge is -2.18. The summed E-state index contributed by atoms with van der Waals surface area (Å²) in [5, 5.41) is 13.7. The van der Waals surface area contributed by atoms with Gasteiger partial charge in [-0.2, -0.15) is 0 Å². The molecular formula is C14H19ClN2O3. The second kappa shape index (κ2) is 7.24. The summed E-state index contributed by atoms with van der Waals surface area (Å²) < 4.78 is 0. The van der Waals surface area contributed by atoms with Gasteiger partial charge in [-0.1, -0.05) is 19.9 Å². The number of nitro groups is 1. The van der Waals surface area contributed by atoms with Gasteiger partial charge < -0.3 is 5.32 Å². The highest BCUT2D eigenvalue weighted by Gasteiger charge is 2.22. The van der Waals surface area contributed by atoms with Crippen molar-refractivity contribution in [2.24, 2.45) is 5.92 Å². The normalized spacial score (nSPS) is 12.2. The molecule has 0 bridgehead atoms. The zero-order valence-electron chi connectivity index (χ0n) is 11.9. The fourth-order valence-electron chi connectivity index (χ4n) is 1.98. The Labute approximate surface area is 123 Å². The molecule has 0 aliphatic heterocycles. The second-order valence-corrected chi connectivity index (χ2v) is 5.54. The Morgan fingerprint density at radius 1 is 1.45 bits per heavy atom. The summed E-state index contributed by atoms with van der Waals surface area (Å²) >= 11 is 5.83. The summed E-state index contributed by atoms with van der Waals surface area (Å²) in [6.07, 6.45) is 0.731. The van der Waals surface area contributed by atoms with Crippen molar-refractivity contribution < 1.29 is 9.72 Å². The van der Waals surface area contributed by atoms with Gasteiger partial charge in [-0.05, 0) is 30.9 Å². The Bertz CT molecular complexity index is 503. The third-order valence-electron chi connectivity index (χ3n) is 2.87. The average molecular weight is 299 g/mol. The van der Waals surface area contributed by atoms with Crippen LogP contribution in [0.5, 0.6) is 0 Å². The first-order valence-electron chi connectivity index (χ1n) is 6.47. The molecule has 1 aromatic rings. The topological polar surface area (TPSA) is 72.2 Å². The number of alkyl halides is 1. The summed E-state index contributed by atoms with van der Waals surface area (Å²) in [5.74, 6) is 0.210. The number of hydrogen-bond acceptors (Lipinski definition) is 3. The van der Waals surface area contributed by atoms with E-state index in [4.69, 9.17) is 11.6 Å². The molecule has 1 aromatic carbocycles. The smallest absolute Gasteiger partial charge is 0.282 e. The molecule has 20 heavy (non-hydrogen) atoms. The number of rotatable bonds is 6. The lowest BCUT2D eigenvalue weighted by Crippen LogP contribution is -2.37. The van der Waals surface area contributed by atoms with Gasteiger partial charge in [0.15, 0.2) is 0 Å². The summed E-state index contributed by atoms with van der Waals surface area (Å²) in [6, 6.07) is 4.29. The predicted molar refractivity (Wildman–Crippen MR) is 79.3 cm³/mol. The summed E-state index contributed by atoms with van der Waals surface area (Å²) in [4.78, 5) is 22.6. The molecule has 6 heteroatoms. The van der Waals surface area contributed by atoms with Crippen molar-refractivity contribution >= 4 is 23.2 Å². The molecule has 1 amide bonds. The molecule has 5 nitrogen and oxygen atoms in total. The lowest BCUT2D eigenvalue weighted by molar-refractivity contribution is -0.385. The number of halogens is 1. The van der Waals surface area contributed by atoms with Gasteiger partial charge in [-0.25, -0.2) is 0 Å². The number of aryl methyl sites for hydroxylation is 1. The van der Waals surface area contributed by atoms with E-state index in [0.717, 1.165) is 12.0 Å². The number of nitro benzene ring substituents is 1. The van der Waals surface area contributed by atoms with Crippen molar-refractivity contribution in [3.8, 4) is 0 Å². The van der Waals surface area contributed by atoms with Crippen LogP contribution in [0.2, 0.25) is 0 Å². The maximum Gasteiger partial charge on any atom is 0.282 e. The van der Waals surface area contributed by atoms with Gasteiger partial charge in [-0.3, -0.25) is 14.9 Å². The van der Waals surface area contributed by atoms with Crippen LogP contribution in [0.15, 0.2) is 18.2 Å². The minimum Gasteiger partial charge on any atom is -0.348 e. The van der Waals surface area contributed by atoms with Crippen molar-refractivity contribution in [3.63, 3.8) is 0 Å². The molecule has 0 saturated heterocycles. The third kappa shape index (κ3) is 4.49. The molecule has 110 valence electrons. The van der Waals surface area contributed by atoms with Gasteiger partial charge in [0.2, 0.25) is 0 Å². The van der Waals surface area contributed by atoms with E-state index in [1.54, 1.807) is 13.0 Å². The molecule has 0 spiro atoms. The van der Waals surface area contributed by atoms with Crippen molar-refractivity contribution in [2.45, 2.75) is 33.2 Å². The summed E-state index contributed by atoms with van der Waals surface area (Å²) in [7, 11) is 0. The molecule has 1 unspecified atom stereocenters. The molecular weight excluding hydrogens is 280 g/mol. The minimum atomic E-state index is -0.549. The zero-order chi connectivity index (χ0) is 15.3. The van der Waals surface area contributed by atoms with E-state index in [1.165, 1.54) is 12.1 Å². The quantitative estimate of drug-likeness (QED) is 0.497. The largest absolute Gasteiger partial charge is 0.348 e. The average Bonchev–Trinajstić information content (AvgIpc) is 2.36. The Morgan fingerprint density at radius 2 is 2.10 bits per heavy atom.